The van der Waals surface area contributed by atoms with Crippen LogP contribution in [0.15, 0.2) is 60.2 Å². The lowest BCUT2D eigenvalue weighted by Gasteiger charge is -2.13. The summed E-state index contributed by atoms with van der Waals surface area (Å²) in [7, 11) is 3.05. The van der Waals surface area contributed by atoms with Gasteiger partial charge >= 0.3 is 0 Å². The predicted molar refractivity (Wildman–Crippen MR) is 121 cm³/mol. The number of benzene rings is 3. The van der Waals surface area contributed by atoms with E-state index < -0.39 is 5.91 Å². The molecule has 0 fully saturated rings. The predicted octanol–water partition coefficient (Wildman–Crippen LogP) is 5.19. The van der Waals surface area contributed by atoms with Crippen molar-refractivity contribution in [3.05, 3.63) is 65.7 Å². The van der Waals surface area contributed by atoms with Gasteiger partial charge in [-0.05, 0) is 41.5 Å². The van der Waals surface area contributed by atoms with Crippen LogP contribution in [0.1, 0.15) is 18.9 Å². The summed E-state index contributed by atoms with van der Waals surface area (Å²) in [6.45, 7) is 2.56. The molecule has 0 saturated heterocycles. The smallest absolute Gasteiger partial charge is 0.266 e. The van der Waals surface area contributed by atoms with Gasteiger partial charge in [0, 0.05) is 17.3 Å². The van der Waals surface area contributed by atoms with Gasteiger partial charge in [-0.1, -0.05) is 37.3 Å². The van der Waals surface area contributed by atoms with Crippen molar-refractivity contribution in [2.75, 3.05) is 26.1 Å². The van der Waals surface area contributed by atoms with Gasteiger partial charge in [-0.2, -0.15) is 5.26 Å². The monoisotopic (exact) mass is 416 g/mol. The Kier molecular flexibility index (Phi) is 7.13. The second kappa shape index (κ2) is 10.2. The molecular weight excluding hydrogens is 392 g/mol. The summed E-state index contributed by atoms with van der Waals surface area (Å²) in [5, 5.41) is 14.3. The second-order valence-corrected chi connectivity index (χ2v) is 6.74. The molecule has 1 amide bonds. The first-order chi connectivity index (χ1) is 15.1. The SMILES string of the molecule is CCCOc1ccc2ccccc2c1/C=C(\C#N)C(=O)Nc1ccc(OC)c(OC)c1. The normalized spacial score (nSPS) is 11.0. The molecule has 0 aliphatic rings. The van der Waals surface area contributed by atoms with E-state index in [2.05, 4.69) is 5.32 Å². The van der Waals surface area contributed by atoms with Crippen LogP contribution in [0, 0.1) is 11.3 Å². The Morgan fingerprint density at radius 3 is 2.48 bits per heavy atom. The van der Waals surface area contributed by atoms with E-state index in [0.29, 0.717) is 35.1 Å². The van der Waals surface area contributed by atoms with Crippen molar-refractivity contribution in [3.63, 3.8) is 0 Å². The molecule has 0 unspecified atom stereocenters. The first-order valence-corrected chi connectivity index (χ1v) is 9.91. The molecule has 158 valence electrons. The third kappa shape index (κ3) is 4.96. The number of hydrogen-bond donors (Lipinski definition) is 1. The topological polar surface area (TPSA) is 80.6 Å². The Hall–Kier alpha value is -3.98. The Balaban J connectivity index is 1.98. The Morgan fingerprint density at radius 2 is 1.77 bits per heavy atom. The number of hydrogen-bond acceptors (Lipinski definition) is 5. The minimum absolute atomic E-state index is 0.0347. The number of rotatable bonds is 8. The maximum atomic E-state index is 12.8. The lowest BCUT2D eigenvalue weighted by Crippen LogP contribution is -2.13. The highest BCUT2D eigenvalue weighted by Gasteiger charge is 2.15. The van der Waals surface area contributed by atoms with Gasteiger partial charge in [0.15, 0.2) is 11.5 Å². The maximum absolute atomic E-state index is 12.8. The van der Waals surface area contributed by atoms with E-state index in [9.17, 15) is 10.1 Å². The summed E-state index contributed by atoms with van der Waals surface area (Å²) >= 11 is 0. The van der Waals surface area contributed by atoms with Crippen LogP contribution in [-0.4, -0.2) is 26.7 Å². The van der Waals surface area contributed by atoms with Gasteiger partial charge in [-0.15, -0.1) is 0 Å². The van der Waals surface area contributed by atoms with E-state index in [1.807, 2.05) is 49.4 Å². The molecule has 31 heavy (non-hydrogen) atoms. The van der Waals surface area contributed by atoms with E-state index >= 15 is 0 Å². The highest BCUT2D eigenvalue weighted by molar-refractivity contribution is 6.11. The molecule has 6 nitrogen and oxygen atoms in total. The maximum Gasteiger partial charge on any atom is 0.266 e. The van der Waals surface area contributed by atoms with Crippen LogP contribution in [0.2, 0.25) is 0 Å². The number of carbonyl (C=O) groups is 1. The number of nitriles is 1. The van der Waals surface area contributed by atoms with E-state index in [1.165, 1.54) is 14.2 Å². The minimum Gasteiger partial charge on any atom is -0.493 e. The lowest BCUT2D eigenvalue weighted by atomic mass is 10.0. The van der Waals surface area contributed by atoms with Crippen molar-refractivity contribution < 1.29 is 19.0 Å². The standard InChI is InChI=1S/C25H24N2O4/c1-4-13-31-22-11-9-17-7-5-6-8-20(17)21(22)14-18(16-26)25(28)27-19-10-12-23(29-2)24(15-19)30-3/h5-12,14-15H,4,13H2,1-3H3,(H,27,28)/b18-14+. The average Bonchev–Trinajstić information content (AvgIpc) is 2.81. The van der Waals surface area contributed by atoms with Crippen molar-refractivity contribution in [1.82, 2.24) is 0 Å². The number of nitrogens with one attached hydrogen (secondary N) is 1. The van der Waals surface area contributed by atoms with Crippen molar-refractivity contribution in [2.45, 2.75) is 13.3 Å². The first-order valence-electron chi connectivity index (χ1n) is 9.91. The molecule has 0 heterocycles. The zero-order valence-electron chi connectivity index (χ0n) is 17.8. The molecule has 0 radical (unpaired) electrons. The zero-order valence-corrected chi connectivity index (χ0v) is 17.8. The molecule has 0 spiro atoms. The van der Waals surface area contributed by atoms with Gasteiger partial charge in [-0.3, -0.25) is 4.79 Å². The van der Waals surface area contributed by atoms with E-state index in [1.54, 1.807) is 24.3 Å². The van der Waals surface area contributed by atoms with Crippen LogP contribution >= 0.6 is 0 Å². The van der Waals surface area contributed by atoms with Crippen LogP contribution in [0.4, 0.5) is 5.69 Å². The van der Waals surface area contributed by atoms with Gasteiger partial charge < -0.3 is 19.5 Å². The summed E-state index contributed by atoms with van der Waals surface area (Å²) < 4.78 is 16.4. The summed E-state index contributed by atoms with van der Waals surface area (Å²) in [5.41, 5.74) is 1.15. The summed E-state index contributed by atoms with van der Waals surface area (Å²) in [5.74, 6) is 1.13. The largest absolute Gasteiger partial charge is 0.493 e. The Bertz CT molecular complexity index is 1160. The number of nitrogens with zero attached hydrogens (tertiary/aromatic N) is 1. The van der Waals surface area contributed by atoms with Crippen LogP contribution in [0.5, 0.6) is 17.2 Å². The van der Waals surface area contributed by atoms with Crippen molar-refractivity contribution >= 4 is 28.4 Å². The van der Waals surface area contributed by atoms with Gasteiger partial charge in [-0.25, -0.2) is 0 Å². The highest BCUT2D eigenvalue weighted by Crippen LogP contribution is 2.32. The summed E-state index contributed by atoms with van der Waals surface area (Å²) in [6.07, 6.45) is 2.42. The van der Waals surface area contributed by atoms with Crippen LogP contribution in [0.25, 0.3) is 16.8 Å². The van der Waals surface area contributed by atoms with Crippen molar-refractivity contribution in [2.24, 2.45) is 0 Å². The number of carbonyl (C=O) groups excluding carboxylic acids is 1. The molecule has 1 N–H and O–H groups in total. The number of anilines is 1. The van der Waals surface area contributed by atoms with Crippen LogP contribution in [0.3, 0.4) is 0 Å². The van der Waals surface area contributed by atoms with E-state index in [0.717, 1.165) is 17.2 Å². The molecule has 0 bridgehead atoms. The summed E-state index contributed by atoms with van der Waals surface area (Å²) in [4.78, 5) is 12.8. The molecule has 6 heteroatoms. The fraction of sp³-hybridized carbons (Fsp3) is 0.200. The second-order valence-electron chi connectivity index (χ2n) is 6.74. The van der Waals surface area contributed by atoms with Crippen molar-refractivity contribution in [1.29, 1.82) is 5.26 Å². The average molecular weight is 416 g/mol. The first kappa shape index (κ1) is 21.7. The highest BCUT2D eigenvalue weighted by atomic mass is 16.5. The molecule has 0 saturated carbocycles. The molecule has 0 aromatic heterocycles. The number of fused-ring (bicyclic) bond motifs is 1. The van der Waals surface area contributed by atoms with E-state index in [-0.39, 0.29) is 5.57 Å². The molecule has 3 rings (SSSR count). The molecule has 0 aliphatic carbocycles. The lowest BCUT2D eigenvalue weighted by molar-refractivity contribution is -0.112. The van der Waals surface area contributed by atoms with Gasteiger partial charge in [0.2, 0.25) is 0 Å². The Labute approximate surface area is 181 Å². The van der Waals surface area contributed by atoms with Crippen molar-refractivity contribution in [3.8, 4) is 23.3 Å². The fourth-order valence-corrected chi connectivity index (χ4v) is 3.17. The Morgan fingerprint density at radius 1 is 1.03 bits per heavy atom. The number of amides is 1. The van der Waals surface area contributed by atoms with E-state index in [4.69, 9.17) is 14.2 Å². The molecule has 3 aromatic rings. The molecule has 0 aliphatic heterocycles. The molecular formula is C25H24N2O4. The zero-order chi connectivity index (χ0) is 22.2. The fourth-order valence-electron chi connectivity index (χ4n) is 3.17. The van der Waals surface area contributed by atoms with Crippen LogP contribution in [-0.2, 0) is 4.79 Å². The number of methoxy groups -OCH3 is 2. The molecule has 0 atom stereocenters. The van der Waals surface area contributed by atoms with Gasteiger partial charge in [0.25, 0.3) is 5.91 Å². The third-order valence-electron chi connectivity index (χ3n) is 4.69. The quantitative estimate of drug-likeness (QED) is 0.404. The van der Waals surface area contributed by atoms with Gasteiger partial charge in [0.05, 0.1) is 20.8 Å². The van der Waals surface area contributed by atoms with Gasteiger partial charge in [0.1, 0.15) is 17.4 Å². The third-order valence-corrected chi connectivity index (χ3v) is 4.69. The number of ether oxygens (including phenoxy) is 3. The molecule has 3 aromatic carbocycles. The minimum atomic E-state index is -0.524. The van der Waals surface area contributed by atoms with Crippen LogP contribution < -0.4 is 19.5 Å². The summed E-state index contributed by atoms with van der Waals surface area (Å²) in [6, 6.07) is 18.6.